The Hall–Kier alpha value is -4.43. The van der Waals surface area contributed by atoms with Crippen molar-refractivity contribution >= 4 is 21.7 Å². The summed E-state index contributed by atoms with van der Waals surface area (Å²) in [6.07, 6.45) is 5.39. The van der Waals surface area contributed by atoms with Crippen molar-refractivity contribution in [2.75, 3.05) is 7.11 Å². The summed E-state index contributed by atoms with van der Waals surface area (Å²) in [6, 6.07) is 21.9. The maximum absolute atomic E-state index is 5.21. The largest absolute Gasteiger partial charge is 0.497 e. The van der Waals surface area contributed by atoms with Crippen LogP contribution >= 0.6 is 11.3 Å². The van der Waals surface area contributed by atoms with Gasteiger partial charge in [-0.1, -0.05) is 36.4 Å². The van der Waals surface area contributed by atoms with Gasteiger partial charge in [0.2, 0.25) is 0 Å². The summed E-state index contributed by atoms with van der Waals surface area (Å²) in [5, 5.41) is 8.46. The second-order valence-electron chi connectivity index (χ2n) is 7.61. The lowest BCUT2D eigenvalue weighted by Gasteiger charge is -2.03. The van der Waals surface area contributed by atoms with Gasteiger partial charge < -0.3 is 4.74 Å². The van der Waals surface area contributed by atoms with Gasteiger partial charge in [0.1, 0.15) is 16.5 Å². The maximum Gasteiger partial charge on any atom is 0.177 e. The number of nitrogens with one attached hydrogen (secondary N) is 1. The minimum Gasteiger partial charge on any atom is -0.497 e. The maximum atomic E-state index is 5.21. The fourth-order valence-corrected chi connectivity index (χ4v) is 4.59. The van der Waals surface area contributed by atoms with Gasteiger partial charge in [0.05, 0.1) is 17.5 Å². The standard InChI is InChI=1S/C26H18N6OS/c1-33-20-10-8-16(9-11-20)19-14-28-24(29-15-19)22-13-21(31-32-22)17-4-6-18(7-5-17)26-30-25-23(34-26)3-2-12-27-25/h2-15H,1H3,(H,31,32). The molecule has 4 heterocycles. The van der Waals surface area contributed by atoms with E-state index in [0.29, 0.717) is 5.82 Å². The number of rotatable bonds is 5. The molecule has 0 spiro atoms. The number of hydrogen-bond donors (Lipinski definition) is 1. The molecule has 0 radical (unpaired) electrons. The summed E-state index contributed by atoms with van der Waals surface area (Å²) < 4.78 is 6.29. The van der Waals surface area contributed by atoms with Crippen molar-refractivity contribution < 1.29 is 4.74 Å². The van der Waals surface area contributed by atoms with Gasteiger partial charge >= 0.3 is 0 Å². The van der Waals surface area contributed by atoms with E-state index < -0.39 is 0 Å². The molecular formula is C26H18N6OS. The van der Waals surface area contributed by atoms with Crippen LogP contribution < -0.4 is 4.74 Å². The number of fused-ring (bicyclic) bond motifs is 1. The van der Waals surface area contributed by atoms with Gasteiger partial charge in [-0.3, -0.25) is 5.10 Å². The van der Waals surface area contributed by atoms with Crippen LogP contribution in [-0.4, -0.2) is 37.2 Å². The molecule has 0 bridgehead atoms. The van der Waals surface area contributed by atoms with Gasteiger partial charge in [0.15, 0.2) is 11.5 Å². The van der Waals surface area contributed by atoms with Gasteiger partial charge in [-0.15, -0.1) is 11.3 Å². The Morgan fingerprint density at radius 1 is 0.794 bits per heavy atom. The van der Waals surface area contributed by atoms with Crippen molar-refractivity contribution in [1.82, 2.24) is 30.1 Å². The lowest BCUT2D eigenvalue weighted by Crippen LogP contribution is -1.90. The molecule has 0 saturated carbocycles. The Balaban J connectivity index is 1.22. The van der Waals surface area contributed by atoms with Gasteiger partial charge in [-0.2, -0.15) is 5.10 Å². The molecule has 7 nitrogen and oxygen atoms in total. The van der Waals surface area contributed by atoms with Crippen molar-refractivity contribution in [1.29, 1.82) is 0 Å². The quantitative estimate of drug-likeness (QED) is 0.344. The zero-order valence-corrected chi connectivity index (χ0v) is 19.0. The predicted octanol–water partition coefficient (Wildman–Crippen LogP) is 5.88. The van der Waals surface area contributed by atoms with Crippen LogP contribution in [0.25, 0.3) is 54.8 Å². The average molecular weight is 463 g/mol. The molecule has 0 amide bonds. The molecule has 0 saturated heterocycles. The first-order valence-corrected chi connectivity index (χ1v) is 11.4. The first-order chi connectivity index (χ1) is 16.8. The molecule has 0 aliphatic rings. The molecule has 2 aromatic carbocycles. The summed E-state index contributed by atoms with van der Waals surface area (Å²) in [7, 11) is 1.65. The SMILES string of the molecule is COc1ccc(-c2cnc(-c3cc(-c4ccc(-c5nc6ncccc6s5)cc4)n[nH]3)nc2)cc1. The van der Waals surface area contributed by atoms with Crippen LogP contribution in [0.1, 0.15) is 0 Å². The monoisotopic (exact) mass is 462 g/mol. The smallest absolute Gasteiger partial charge is 0.177 e. The van der Waals surface area contributed by atoms with E-state index in [1.54, 1.807) is 24.6 Å². The summed E-state index contributed by atoms with van der Waals surface area (Å²) >= 11 is 1.64. The van der Waals surface area contributed by atoms with E-state index in [2.05, 4.69) is 42.3 Å². The third kappa shape index (κ3) is 3.80. The highest BCUT2D eigenvalue weighted by atomic mass is 32.1. The predicted molar refractivity (Wildman–Crippen MR) is 133 cm³/mol. The minimum atomic E-state index is 0.592. The number of nitrogens with zero attached hydrogens (tertiary/aromatic N) is 5. The number of benzene rings is 2. The number of hydrogen-bond acceptors (Lipinski definition) is 7. The second-order valence-corrected chi connectivity index (χ2v) is 8.64. The molecule has 1 N–H and O–H groups in total. The number of aromatic nitrogens is 6. The fourth-order valence-electron chi connectivity index (χ4n) is 3.66. The van der Waals surface area contributed by atoms with Crippen LogP contribution in [0.3, 0.4) is 0 Å². The lowest BCUT2D eigenvalue weighted by molar-refractivity contribution is 0.415. The van der Waals surface area contributed by atoms with Crippen LogP contribution in [0.15, 0.2) is 85.3 Å². The van der Waals surface area contributed by atoms with Crippen molar-refractivity contribution in [3.8, 4) is 50.2 Å². The molecule has 4 aromatic heterocycles. The summed E-state index contributed by atoms with van der Waals surface area (Å²) in [5.74, 6) is 1.41. The zero-order chi connectivity index (χ0) is 22.9. The molecule has 6 aromatic rings. The Labute approximate surface area is 199 Å². The van der Waals surface area contributed by atoms with Crippen LogP contribution in [0, 0.1) is 0 Å². The molecule has 0 aliphatic carbocycles. The van der Waals surface area contributed by atoms with E-state index in [9.17, 15) is 0 Å². The molecule has 6 rings (SSSR count). The van der Waals surface area contributed by atoms with E-state index >= 15 is 0 Å². The molecule has 164 valence electrons. The number of thiazole rings is 1. The highest BCUT2D eigenvalue weighted by Crippen LogP contribution is 2.31. The second kappa shape index (κ2) is 8.49. The number of pyridine rings is 1. The highest BCUT2D eigenvalue weighted by Gasteiger charge is 2.11. The van der Waals surface area contributed by atoms with E-state index in [1.165, 1.54) is 0 Å². The van der Waals surface area contributed by atoms with Crippen LogP contribution in [-0.2, 0) is 0 Å². The number of H-pyrrole nitrogens is 1. The Bertz CT molecular complexity index is 1540. The summed E-state index contributed by atoms with van der Waals surface area (Å²) in [6.45, 7) is 0. The average Bonchev–Trinajstić information content (AvgIpc) is 3.57. The van der Waals surface area contributed by atoms with E-state index in [0.717, 1.165) is 54.7 Å². The normalized spacial score (nSPS) is 11.1. The highest BCUT2D eigenvalue weighted by molar-refractivity contribution is 7.21. The first-order valence-electron chi connectivity index (χ1n) is 10.6. The molecule has 34 heavy (non-hydrogen) atoms. The Morgan fingerprint density at radius 2 is 1.53 bits per heavy atom. The minimum absolute atomic E-state index is 0.592. The van der Waals surface area contributed by atoms with Gasteiger partial charge in [0, 0.05) is 35.3 Å². The van der Waals surface area contributed by atoms with Crippen molar-refractivity contribution in [3.63, 3.8) is 0 Å². The van der Waals surface area contributed by atoms with Gasteiger partial charge in [-0.05, 0) is 35.9 Å². The molecule has 8 heteroatoms. The third-order valence-electron chi connectivity index (χ3n) is 5.49. The first kappa shape index (κ1) is 20.2. The van der Waals surface area contributed by atoms with Gasteiger partial charge in [0.25, 0.3) is 0 Å². The molecule has 0 fully saturated rings. The van der Waals surface area contributed by atoms with Crippen molar-refractivity contribution in [2.24, 2.45) is 0 Å². The molecule has 0 aliphatic heterocycles. The number of ether oxygens (including phenoxy) is 1. The van der Waals surface area contributed by atoms with E-state index in [4.69, 9.17) is 4.74 Å². The molecule has 0 atom stereocenters. The van der Waals surface area contributed by atoms with Crippen LogP contribution in [0.5, 0.6) is 5.75 Å². The van der Waals surface area contributed by atoms with Crippen LogP contribution in [0.4, 0.5) is 0 Å². The number of methoxy groups -OCH3 is 1. The zero-order valence-electron chi connectivity index (χ0n) is 18.1. The van der Waals surface area contributed by atoms with E-state index in [1.807, 2.05) is 67.0 Å². The van der Waals surface area contributed by atoms with Crippen LogP contribution in [0.2, 0.25) is 0 Å². The Morgan fingerprint density at radius 3 is 2.26 bits per heavy atom. The third-order valence-corrected chi connectivity index (χ3v) is 6.55. The topological polar surface area (TPSA) is 89.5 Å². The van der Waals surface area contributed by atoms with Crippen molar-refractivity contribution in [2.45, 2.75) is 0 Å². The Kier molecular flexibility index (Phi) is 5.04. The lowest BCUT2D eigenvalue weighted by atomic mass is 10.1. The number of aromatic amines is 1. The molecule has 0 unspecified atom stereocenters. The summed E-state index contributed by atoms with van der Waals surface area (Å²) in [5.41, 5.74) is 6.39. The summed E-state index contributed by atoms with van der Waals surface area (Å²) in [4.78, 5) is 18.0. The van der Waals surface area contributed by atoms with Crippen molar-refractivity contribution in [3.05, 3.63) is 85.3 Å². The van der Waals surface area contributed by atoms with E-state index in [-0.39, 0.29) is 0 Å². The molecular weight excluding hydrogens is 444 g/mol. The van der Waals surface area contributed by atoms with Gasteiger partial charge in [-0.25, -0.2) is 19.9 Å². The fraction of sp³-hybridized carbons (Fsp3) is 0.0385.